The van der Waals surface area contributed by atoms with Crippen molar-refractivity contribution in [3.05, 3.63) is 28.8 Å². The fourth-order valence-corrected chi connectivity index (χ4v) is 6.84. The lowest BCUT2D eigenvalue weighted by Crippen LogP contribution is -2.67. The molecule has 2 saturated carbocycles. The number of hydrogen-bond acceptors (Lipinski definition) is 4. The maximum absolute atomic E-state index is 13.0. The molecule has 1 N–H and O–H groups in total. The number of rotatable bonds is 4. The van der Waals surface area contributed by atoms with Crippen molar-refractivity contribution in [1.82, 2.24) is 5.32 Å². The van der Waals surface area contributed by atoms with Gasteiger partial charge in [-0.15, -0.1) is 0 Å². The van der Waals surface area contributed by atoms with Gasteiger partial charge in [0.25, 0.3) is 5.91 Å². The maximum atomic E-state index is 13.0. The lowest BCUT2D eigenvalue weighted by atomic mass is 9.45. The Balaban J connectivity index is 1.91. The van der Waals surface area contributed by atoms with Gasteiger partial charge in [-0.1, -0.05) is 34.6 Å². The molecule has 1 aromatic rings. The minimum atomic E-state index is -0.514. The fourth-order valence-electron chi connectivity index (χ4n) is 6.84. The summed E-state index contributed by atoms with van der Waals surface area (Å²) in [6.07, 6.45) is 3.80. The predicted molar refractivity (Wildman–Crippen MR) is 120 cm³/mol. The summed E-state index contributed by atoms with van der Waals surface area (Å²) in [7, 11) is 1.60. The van der Waals surface area contributed by atoms with E-state index in [-0.39, 0.29) is 17.2 Å². The minimum Gasteiger partial charge on any atom is -0.486 e. The molecule has 0 radical (unpaired) electrons. The zero-order valence-corrected chi connectivity index (χ0v) is 20.1. The summed E-state index contributed by atoms with van der Waals surface area (Å²) in [5.41, 5.74) is 1.42. The van der Waals surface area contributed by atoms with Crippen molar-refractivity contribution in [3.63, 3.8) is 0 Å². The average molecular weight is 428 g/mol. The summed E-state index contributed by atoms with van der Waals surface area (Å²) in [5.74, 6) is 1.55. The number of fused-ring (bicyclic) bond motifs is 2. The average Bonchev–Trinajstić information content (AvgIpc) is 3.04. The lowest BCUT2D eigenvalue weighted by molar-refractivity contribution is -0.203. The molecule has 5 atom stereocenters. The van der Waals surface area contributed by atoms with Crippen LogP contribution in [0.3, 0.4) is 0 Å². The first-order chi connectivity index (χ1) is 14.5. The second-order valence-electron chi connectivity index (χ2n) is 10.8. The van der Waals surface area contributed by atoms with Gasteiger partial charge in [-0.05, 0) is 56.2 Å². The molecular formula is C26H37NO4. The lowest BCUT2D eigenvalue weighted by Gasteiger charge is -2.63. The molecule has 1 aliphatic heterocycles. The van der Waals surface area contributed by atoms with Crippen LogP contribution in [0.4, 0.5) is 0 Å². The Morgan fingerprint density at radius 3 is 2.52 bits per heavy atom. The SMILES string of the molecule is CCC1(C)C(C)CCC2C(C)(C)C(=O)CCC21Oc1cc(C)cc2c1C(OC)NC2=O. The van der Waals surface area contributed by atoms with Crippen LogP contribution in [0, 0.1) is 29.6 Å². The molecule has 1 heterocycles. The Bertz CT molecular complexity index is 922. The molecule has 170 valence electrons. The number of ketones is 1. The van der Waals surface area contributed by atoms with Crippen molar-refractivity contribution < 1.29 is 19.1 Å². The zero-order chi connectivity index (χ0) is 22.8. The summed E-state index contributed by atoms with van der Waals surface area (Å²) >= 11 is 0. The van der Waals surface area contributed by atoms with Gasteiger partial charge in [-0.3, -0.25) is 9.59 Å². The van der Waals surface area contributed by atoms with Crippen LogP contribution < -0.4 is 10.1 Å². The number of hydrogen-bond donors (Lipinski definition) is 1. The highest BCUT2D eigenvalue weighted by Crippen LogP contribution is 2.63. The van der Waals surface area contributed by atoms with Gasteiger partial charge in [0.05, 0.1) is 11.1 Å². The number of aryl methyl sites for hydroxylation is 1. The van der Waals surface area contributed by atoms with Gasteiger partial charge < -0.3 is 14.8 Å². The van der Waals surface area contributed by atoms with Crippen LogP contribution in [0.5, 0.6) is 5.75 Å². The van der Waals surface area contributed by atoms with Crippen LogP contribution >= 0.6 is 0 Å². The smallest absolute Gasteiger partial charge is 0.254 e. The summed E-state index contributed by atoms with van der Waals surface area (Å²) in [6.45, 7) is 13.1. The third-order valence-corrected chi connectivity index (χ3v) is 9.14. The summed E-state index contributed by atoms with van der Waals surface area (Å²) in [4.78, 5) is 25.6. The molecule has 2 fully saturated rings. The van der Waals surface area contributed by atoms with Crippen molar-refractivity contribution in [2.24, 2.45) is 22.7 Å². The van der Waals surface area contributed by atoms with Gasteiger partial charge in [-0.2, -0.15) is 0 Å². The normalized spacial score (nSPS) is 36.5. The number of Topliss-reactive ketones (excluding diaryl/α,β-unsaturated/α-hetero) is 1. The first kappa shape index (κ1) is 22.3. The van der Waals surface area contributed by atoms with E-state index in [1.54, 1.807) is 7.11 Å². The number of benzene rings is 1. The van der Waals surface area contributed by atoms with E-state index in [4.69, 9.17) is 9.47 Å². The molecule has 3 aliphatic rings. The molecule has 1 aromatic carbocycles. The molecule has 0 aromatic heterocycles. The highest BCUT2D eigenvalue weighted by Gasteiger charge is 2.65. The molecule has 0 saturated heterocycles. The summed E-state index contributed by atoms with van der Waals surface area (Å²) < 4.78 is 12.8. The molecule has 1 amide bonds. The van der Waals surface area contributed by atoms with Crippen molar-refractivity contribution in [2.45, 2.75) is 85.5 Å². The maximum Gasteiger partial charge on any atom is 0.254 e. The van der Waals surface area contributed by atoms with Gasteiger partial charge in [0.1, 0.15) is 17.1 Å². The Kier molecular flexibility index (Phi) is 5.28. The van der Waals surface area contributed by atoms with Crippen LogP contribution in [-0.2, 0) is 9.53 Å². The van der Waals surface area contributed by atoms with Gasteiger partial charge in [0.2, 0.25) is 0 Å². The van der Waals surface area contributed by atoms with E-state index in [1.165, 1.54) is 0 Å². The van der Waals surface area contributed by atoms with Crippen LogP contribution in [0.2, 0.25) is 0 Å². The number of carbonyl (C=O) groups is 2. The van der Waals surface area contributed by atoms with Gasteiger partial charge in [0.15, 0.2) is 6.23 Å². The molecule has 4 rings (SSSR count). The Morgan fingerprint density at radius 1 is 1.16 bits per heavy atom. The standard InChI is InChI=1S/C26H37NO4/c1-8-25(6)16(3)9-10-19-24(4,5)20(28)11-12-26(19,25)31-18-14-15(2)13-17-21(18)23(30-7)27-22(17)29/h13-14,16,19,23H,8-12H2,1-7H3,(H,27,29). The molecule has 0 bridgehead atoms. The first-order valence-electron chi connectivity index (χ1n) is 11.7. The zero-order valence-electron chi connectivity index (χ0n) is 20.1. The van der Waals surface area contributed by atoms with Crippen LogP contribution in [0.15, 0.2) is 12.1 Å². The number of methoxy groups -OCH3 is 1. The quantitative estimate of drug-likeness (QED) is 0.703. The molecule has 31 heavy (non-hydrogen) atoms. The Morgan fingerprint density at radius 2 is 1.87 bits per heavy atom. The van der Waals surface area contributed by atoms with E-state index >= 15 is 0 Å². The fraction of sp³-hybridized carbons (Fsp3) is 0.692. The molecule has 5 nitrogen and oxygen atoms in total. The summed E-state index contributed by atoms with van der Waals surface area (Å²) in [5, 5.41) is 2.92. The third kappa shape index (κ3) is 2.99. The highest BCUT2D eigenvalue weighted by molar-refractivity contribution is 6.00. The molecule has 5 heteroatoms. The number of ether oxygens (including phenoxy) is 2. The van der Waals surface area contributed by atoms with Crippen molar-refractivity contribution >= 4 is 11.7 Å². The van der Waals surface area contributed by atoms with E-state index in [1.807, 2.05) is 19.1 Å². The number of amides is 1. The van der Waals surface area contributed by atoms with Crippen LogP contribution in [0.1, 0.15) is 94.4 Å². The van der Waals surface area contributed by atoms with Gasteiger partial charge in [-0.25, -0.2) is 0 Å². The van der Waals surface area contributed by atoms with Crippen molar-refractivity contribution in [1.29, 1.82) is 0 Å². The molecule has 0 spiro atoms. The Hall–Kier alpha value is -1.88. The van der Waals surface area contributed by atoms with Crippen molar-refractivity contribution in [3.8, 4) is 5.75 Å². The van der Waals surface area contributed by atoms with Crippen molar-refractivity contribution in [2.75, 3.05) is 7.11 Å². The highest BCUT2D eigenvalue weighted by atomic mass is 16.5. The van der Waals surface area contributed by atoms with Crippen LogP contribution in [0.25, 0.3) is 0 Å². The second kappa shape index (κ2) is 7.33. The third-order valence-electron chi connectivity index (χ3n) is 9.14. The molecule has 5 unspecified atom stereocenters. The van der Waals surface area contributed by atoms with Gasteiger partial charge in [0, 0.05) is 30.3 Å². The van der Waals surface area contributed by atoms with E-state index in [0.29, 0.717) is 23.7 Å². The largest absolute Gasteiger partial charge is 0.486 e. The molecule has 2 aliphatic carbocycles. The van der Waals surface area contributed by atoms with E-state index in [0.717, 1.165) is 42.6 Å². The predicted octanol–water partition coefficient (Wildman–Crippen LogP) is 5.35. The van der Waals surface area contributed by atoms with E-state index < -0.39 is 17.2 Å². The minimum absolute atomic E-state index is 0.0802. The van der Waals surface area contributed by atoms with Gasteiger partial charge >= 0.3 is 0 Å². The van der Waals surface area contributed by atoms with E-state index in [9.17, 15) is 9.59 Å². The molecular weight excluding hydrogens is 390 g/mol. The number of carbonyl (C=O) groups excluding carboxylic acids is 2. The number of nitrogens with one attached hydrogen (secondary N) is 1. The Labute approximate surface area is 186 Å². The monoisotopic (exact) mass is 427 g/mol. The topological polar surface area (TPSA) is 64.6 Å². The van der Waals surface area contributed by atoms with E-state index in [2.05, 4.69) is 39.9 Å². The van der Waals surface area contributed by atoms with Crippen LogP contribution in [-0.4, -0.2) is 24.4 Å². The summed E-state index contributed by atoms with van der Waals surface area (Å²) in [6, 6.07) is 3.94. The first-order valence-corrected chi connectivity index (χ1v) is 11.7. The second-order valence-corrected chi connectivity index (χ2v) is 10.8.